The van der Waals surface area contributed by atoms with Crippen LogP contribution in [0.4, 0.5) is 13.2 Å². The molecule has 1 saturated heterocycles. The van der Waals surface area contributed by atoms with Crippen molar-refractivity contribution in [1.82, 2.24) is 20.5 Å². The van der Waals surface area contributed by atoms with Gasteiger partial charge >= 0.3 is 6.18 Å². The van der Waals surface area contributed by atoms with E-state index >= 15 is 0 Å². The average Bonchev–Trinajstić information content (AvgIpc) is 3.10. The van der Waals surface area contributed by atoms with Gasteiger partial charge in [-0.2, -0.15) is 13.2 Å². The van der Waals surface area contributed by atoms with Crippen molar-refractivity contribution in [3.63, 3.8) is 0 Å². The maximum atomic E-state index is 12.4. The number of halogens is 3. The van der Waals surface area contributed by atoms with Gasteiger partial charge in [-0.05, 0) is 12.8 Å². The Hall–Kier alpha value is -1.35. The fourth-order valence-electron chi connectivity index (χ4n) is 2.50. The first-order valence-corrected chi connectivity index (χ1v) is 8.47. The summed E-state index contributed by atoms with van der Waals surface area (Å²) in [7, 11) is 1.65. The highest BCUT2D eigenvalue weighted by Crippen LogP contribution is 2.19. The number of alkyl halides is 3. The van der Waals surface area contributed by atoms with Crippen LogP contribution in [0.3, 0.4) is 0 Å². The summed E-state index contributed by atoms with van der Waals surface area (Å²) < 4.78 is 37.2. The molecule has 1 aliphatic heterocycles. The summed E-state index contributed by atoms with van der Waals surface area (Å²) in [6.45, 7) is 2.57. The molecule has 23 heavy (non-hydrogen) atoms. The maximum Gasteiger partial charge on any atom is 0.401 e. The lowest BCUT2D eigenvalue weighted by Gasteiger charge is -2.19. The van der Waals surface area contributed by atoms with Gasteiger partial charge in [0.15, 0.2) is 5.96 Å². The van der Waals surface area contributed by atoms with Gasteiger partial charge < -0.3 is 10.6 Å². The minimum absolute atomic E-state index is 0.0230. The van der Waals surface area contributed by atoms with Gasteiger partial charge in [-0.25, -0.2) is 4.98 Å². The van der Waals surface area contributed by atoms with Gasteiger partial charge in [-0.15, -0.1) is 11.3 Å². The van der Waals surface area contributed by atoms with Gasteiger partial charge in [0.2, 0.25) is 0 Å². The number of likely N-dealkylation sites (tertiary alicyclic amines) is 1. The van der Waals surface area contributed by atoms with Crippen molar-refractivity contribution in [2.75, 3.05) is 26.7 Å². The number of aryl methyl sites for hydroxylation is 1. The molecule has 1 aliphatic rings. The topological polar surface area (TPSA) is 52.6 Å². The molecular formula is C14H22F3N5S. The van der Waals surface area contributed by atoms with Gasteiger partial charge in [0, 0.05) is 31.6 Å². The fourth-order valence-corrected chi connectivity index (χ4v) is 3.25. The van der Waals surface area contributed by atoms with Crippen molar-refractivity contribution < 1.29 is 13.2 Å². The van der Waals surface area contributed by atoms with Crippen molar-refractivity contribution in [2.24, 2.45) is 4.99 Å². The van der Waals surface area contributed by atoms with Crippen molar-refractivity contribution in [3.05, 3.63) is 16.1 Å². The zero-order valence-electron chi connectivity index (χ0n) is 13.3. The molecule has 0 saturated carbocycles. The van der Waals surface area contributed by atoms with Crippen molar-refractivity contribution in [1.29, 1.82) is 0 Å². The Morgan fingerprint density at radius 1 is 1.52 bits per heavy atom. The molecule has 1 aromatic heterocycles. The summed E-state index contributed by atoms with van der Waals surface area (Å²) in [6, 6.07) is -0.0230. The minimum atomic E-state index is -4.14. The Labute approximate surface area is 138 Å². The molecule has 1 unspecified atom stereocenters. The number of thiazole rings is 1. The number of nitrogens with zero attached hydrogens (tertiary/aromatic N) is 3. The van der Waals surface area contributed by atoms with Gasteiger partial charge in [-0.1, -0.05) is 6.92 Å². The van der Waals surface area contributed by atoms with Crippen LogP contribution in [0.2, 0.25) is 0 Å². The van der Waals surface area contributed by atoms with E-state index in [-0.39, 0.29) is 6.04 Å². The van der Waals surface area contributed by atoms with Crippen molar-refractivity contribution in [3.8, 4) is 0 Å². The number of aliphatic imine (C=N–C) groups is 1. The molecule has 1 fully saturated rings. The molecule has 130 valence electrons. The molecule has 9 heteroatoms. The smallest absolute Gasteiger partial charge is 0.352 e. The predicted octanol–water partition coefficient (Wildman–Crippen LogP) is 2.01. The van der Waals surface area contributed by atoms with Crippen LogP contribution in [0.25, 0.3) is 0 Å². The molecule has 1 aromatic rings. The number of nitrogens with one attached hydrogen (secondary N) is 2. The van der Waals surface area contributed by atoms with E-state index in [2.05, 4.69) is 27.5 Å². The van der Waals surface area contributed by atoms with Crippen LogP contribution in [-0.2, 0) is 13.0 Å². The normalized spacial score (nSPS) is 20.0. The second kappa shape index (κ2) is 7.96. The maximum absolute atomic E-state index is 12.4. The molecule has 0 amide bonds. The van der Waals surface area contributed by atoms with Crippen LogP contribution >= 0.6 is 11.3 Å². The molecule has 0 radical (unpaired) electrons. The SMILES string of the molecule is CCc1nc(CNC(=NC)NC2CCN(CC(F)(F)F)C2)cs1. The standard InChI is InChI=1S/C14H22F3N5S/c1-3-12-20-11(8-23-12)6-19-13(18-2)21-10-4-5-22(7-10)9-14(15,16)17/h8,10H,3-7,9H2,1-2H3,(H2,18,19,21). The van der Waals surface area contributed by atoms with Crippen LogP contribution in [0.15, 0.2) is 10.4 Å². The van der Waals surface area contributed by atoms with Crippen LogP contribution in [0.5, 0.6) is 0 Å². The lowest BCUT2D eigenvalue weighted by molar-refractivity contribution is -0.143. The third kappa shape index (κ3) is 5.98. The molecule has 2 heterocycles. The van der Waals surface area contributed by atoms with E-state index in [4.69, 9.17) is 0 Å². The zero-order chi connectivity index (χ0) is 16.9. The van der Waals surface area contributed by atoms with Crippen molar-refractivity contribution >= 4 is 17.3 Å². The zero-order valence-corrected chi connectivity index (χ0v) is 14.1. The number of guanidine groups is 1. The third-order valence-corrected chi connectivity index (χ3v) is 4.62. The average molecular weight is 349 g/mol. The molecular weight excluding hydrogens is 327 g/mol. The van der Waals surface area contributed by atoms with Crippen LogP contribution in [0.1, 0.15) is 24.0 Å². The second-order valence-corrected chi connectivity index (χ2v) is 6.43. The Kier molecular flexibility index (Phi) is 6.23. The summed E-state index contributed by atoms with van der Waals surface area (Å²) in [4.78, 5) is 10.00. The summed E-state index contributed by atoms with van der Waals surface area (Å²) >= 11 is 1.62. The molecule has 0 aliphatic carbocycles. The first-order chi connectivity index (χ1) is 10.9. The first-order valence-electron chi connectivity index (χ1n) is 7.59. The summed E-state index contributed by atoms with van der Waals surface area (Å²) in [5.74, 6) is 0.593. The number of aromatic nitrogens is 1. The highest BCUT2D eigenvalue weighted by Gasteiger charge is 2.34. The summed E-state index contributed by atoms with van der Waals surface area (Å²) in [5.41, 5.74) is 0.944. The Balaban J connectivity index is 1.77. The quantitative estimate of drug-likeness (QED) is 0.631. The van der Waals surface area contributed by atoms with E-state index in [0.717, 1.165) is 17.1 Å². The molecule has 0 bridgehead atoms. The van der Waals surface area contributed by atoms with Gasteiger partial charge in [0.1, 0.15) is 0 Å². The lowest BCUT2D eigenvalue weighted by Crippen LogP contribution is -2.44. The summed E-state index contributed by atoms with van der Waals surface area (Å²) in [6.07, 6.45) is -2.56. The summed E-state index contributed by atoms with van der Waals surface area (Å²) in [5, 5.41) is 9.42. The molecule has 5 nitrogen and oxygen atoms in total. The minimum Gasteiger partial charge on any atom is -0.352 e. The van der Waals surface area contributed by atoms with Crippen LogP contribution < -0.4 is 10.6 Å². The second-order valence-electron chi connectivity index (χ2n) is 5.49. The van der Waals surface area contributed by atoms with E-state index in [1.807, 2.05) is 5.38 Å². The highest BCUT2D eigenvalue weighted by atomic mass is 32.1. The monoisotopic (exact) mass is 349 g/mol. The van der Waals surface area contributed by atoms with Crippen LogP contribution in [0, 0.1) is 0 Å². The van der Waals surface area contributed by atoms with Gasteiger partial charge in [-0.3, -0.25) is 9.89 Å². The number of hydrogen-bond acceptors (Lipinski definition) is 4. The van der Waals surface area contributed by atoms with Gasteiger partial charge in [0.25, 0.3) is 0 Å². The Bertz CT molecular complexity index is 529. The molecule has 1 atom stereocenters. The molecule has 0 spiro atoms. The Morgan fingerprint density at radius 3 is 2.91 bits per heavy atom. The number of rotatable bonds is 5. The predicted molar refractivity (Wildman–Crippen MR) is 85.7 cm³/mol. The largest absolute Gasteiger partial charge is 0.401 e. The van der Waals surface area contributed by atoms with E-state index in [9.17, 15) is 13.2 Å². The van der Waals surface area contributed by atoms with E-state index in [0.29, 0.717) is 32.0 Å². The van der Waals surface area contributed by atoms with Crippen LogP contribution in [-0.4, -0.2) is 54.7 Å². The molecule has 0 aromatic carbocycles. The lowest BCUT2D eigenvalue weighted by atomic mass is 10.3. The molecule has 2 N–H and O–H groups in total. The van der Waals surface area contributed by atoms with Gasteiger partial charge in [0.05, 0.1) is 23.8 Å². The highest BCUT2D eigenvalue weighted by molar-refractivity contribution is 7.09. The van der Waals surface area contributed by atoms with E-state index in [1.165, 1.54) is 4.90 Å². The van der Waals surface area contributed by atoms with E-state index in [1.54, 1.807) is 18.4 Å². The van der Waals surface area contributed by atoms with Crippen molar-refractivity contribution in [2.45, 2.75) is 38.5 Å². The first kappa shape index (κ1) is 18.0. The molecule has 2 rings (SSSR count). The fraction of sp³-hybridized carbons (Fsp3) is 0.714. The van der Waals surface area contributed by atoms with E-state index < -0.39 is 12.7 Å². The Morgan fingerprint density at radius 2 is 2.30 bits per heavy atom. The third-order valence-electron chi connectivity index (χ3n) is 3.58. The number of hydrogen-bond donors (Lipinski definition) is 2.